The molecule has 3 N–H and O–H groups in total. The molecule has 98 heavy (non-hydrogen) atoms. The second kappa shape index (κ2) is 68.2. The van der Waals surface area contributed by atoms with Crippen LogP contribution in [0.1, 0.15) is 402 Å². The Hall–Kier alpha value is -1.94. The van der Waals surface area contributed by atoms with Gasteiger partial charge in [0.25, 0.3) is 0 Å². The quantitative estimate of drug-likeness (QED) is 0.0222. The summed E-state index contributed by atoms with van der Waals surface area (Å²) < 4.78 is 68.6. The van der Waals surface area contributed by atoms with E-state index < -0.39 is 97.5 Å². The molecule has 0 spiro atoms. The Morgan fingerprint density at radius 3 is 0.633 bits per heavy atom. The van der Waals surface area contributed by atoms with Crippen molar-refractivity contribution in [1.29, 1.82) is 0 Å². The van der Waals surface area contributed by atoms with Gasteiger partial charge in [0.05, 0.1) is 26.4 Å². The Labute approximate surface area is 600 Å². The van der Waals surface area contributed by atoms with Crippen molar-refractivity contribution < 1.29 is 80.2 Å². The van der Waals surface area contributed by atoms with Crippen molar-refractivity contribution in [3.8, 4) is 0 Å². The topological polar surface area (TPSA) is 237 Å². The fraction of sp³-hybridized carbons (Fsp3) is 0.949. The van der Waals surface area contributed by atoms with Crippen molar-refractivity contribution in [3.05, 3.63) is 0 Å². The molecule has 0 heterocycles. The molecule has 0 aromatic heterocycles. The van der Waals surface area contributed by atoms with E-state index in [0.717, 1.165) is 114 Å². The average molecular weight is 1440 g/mol. The number of hydrogen-bond acceptors (Lipinski definition) is 15. The molecule has 17 nitrogen and oxygen atoms in total. The summed E-state index contributed by atoms with van der Waals surface area (Å²) in [6.07, 6.45) is 54.3. The summed E-state index contributed by atoms with van der Waals surface area (Å²) >= 11 is 0. The summed E-state index contributed by atoms with van der Waals surface area (Å²) in [5, 5.41) is 10.6. The van der Waals surface area contributed by atoms with E-state index in [1.54, 1.807) is 0 Å². The lowest BCUT2D eigenvalue weighted by Gasteiger charge is -2.21. The van der Waals surface area contributed by atoms with Crippen molar-refractivity contribution in [1.82, 2.24) is 0 Å². The van der Waals surface area contributed by atoms with Gasteiger partial charge in [0.2, 0.25) is 0 Å². The normalized spacial score (nSPS) is 14.1. The highest BCUT2D eigenvalue weighted by atomic mass is 31.2. The second-order valence-corrected chi connectivity index (χ2v) is 33.3. The lowest BCUT2D eigenvalue weighted by Crippen LogP contribution is -2.30. The fourth-order valence-corrected chi connectivity index (χ4v) is 13.7. The van der Waals surface area contributed by atoms with Crippen LogP contribution in [0.15, 0.2) is 0 Å². The first kappa shape index (κ1) is 96.1. The van der Waals surface area contributed by atoms with Crippen LogP contribution in [0.5, 0.6) is 0 Å². The van der Waals surface area contributed by atoms with Crippen LogP contribution in [0, 0.1) is 23.7 Å². The van der Waals surface area contributed by atoms with E-state index in [4.69, 9.17) is 37.0 Å². The molecule has 0 bridgehead atoms. The van der Waals surface area contributed by atoms with Crippen LogP contribution in [0.4, 0.5) is 0 Å². The van der Waals surface area contributed by atoms with Gasteiger partial charge >= 0.3 is 39.5 Å². The Kier molecular flexibility index (Phi) is 66.8. The highest BCUT2D eigenvalue weighted by molar-refractivity contribution is 7.47. The molecule has 0 radical (unpaired) electrons. The number of unbranched alkanes of at least 4 members (excludes halogenated alkanes) is 42. The Bertz CT molecular complexity index is 1920. The summed E-state index contributed by atoms with van der Waals surface area (Å²) in [5.41, 5.74) is 0. The monoisotopic (exact) mass is 1440 g/mol. The maximum absolute atomic E-state index is 13.1. The molecule has 0 aliphatic carbocycles. The molecule has 0 rings (SSSR count). The summed E-state index contributed by atoms with van der Waals surface area (Å²) in [5.74, 6) is 0.922. The molecule has 3 unspecified atom stereocenters. The van der Waals surface area contributed by atoms with Gasteiger partial charge in [-0.3, -0.25) is 37.3 Å². The highest BCUT2D eigenvalue weighted by Gasteiger charge is 2.30. The lowest BCUT2D eigenvalue weighted by atomic mass is 10.0. The van der Waals surface area contributed by atoms with Crippen LogP contribution < -0.4 is 0 Å². The van der Waals surface area contributed by atoms with Gasteiger partial charge in [0.1, 0.15) is 19.3 Å². The van der Waals surface area contributed by atoms with Gasteiger partial charge < -0.3 is 33.8 Å². The standard InChI is InChI=1S/C79H154O17P2/c1-69(2)55-47-39-31-24-19-15-13-11-9-10-12-14-16-21-27-35-43-51-59-76(81)89-65-74(96-79(84)62-54-46-37-29-23-26-33-41-49-57-71(5)6)67-93-97(85,86)91-63-73(80)64-92-98(87,88)94-68-75(66-90-77(82)60-52-44-38-30-34-42-50-58-72(7)8)95-78(83)61-53-45-36-28-22-18-17-20-25-32-40-48-56-70(3)4/h69-75,80H,9-68H2,1-8H3,(H,85,86)(H,87,88)/t73?,74-,75-/m1/s1. The number of esters is 4. The van der Waals surface area contributed by atoms with Gasteiger partial charge in [-0.05, 0) is 49.4 Å². The minimum absolute atomic E-state index is 0.105. The van der Waals surface area contributed by atoms with Crippen molar-refractivity contribution in [3.63, 3.8) is 0 Å². The van der Waals surface area contributed by atoms with Crippen LogP contribution in [0.3, 0.4) is 0 Å². The van der Waals surface area contributed by atoms with Crippen molar-refractivity contribution >= 4 is 39.5 Å². The van der Waals surface area contributed by atoms with E-state index in [-0.39, 0.29) is 25.7 Å². The number of rotatable bonds is 76. The smallest absolute Gasteiger partial charge is 0.462 e. The third kappa shape index (κ3) is 72.4. The Morgan fingerprint density at radius 2 is 0.429 bits per heavy atom. The van der Waals surface area contributed by atoms with Gasteiger partial charge in [0, 0.05) is 25.7 Å². The molecule has 0 aliphatic heterocycles. The number of aliphatic hydroxyl groups is 1. The molecule has 0 amide bonds. The molecule has 0 aliphatic rings. The molecule has 582 valence electrons. The largest absolute Gasteiger partial charge is 0.472 e. The van der Waals surface area contributed by atoms with E-state index in [0.29, 0.717) is 31.6 Å². The van der Waals surface area contributed by atoms with Gasteiger partial charge in [-0.1, -0.05) is 351 Å². The predicted octanol–water partition coefficient (Wildman–Crippen LogP) is 23.2. The molecule has 0 saturated carbocycles. The van der Waals surface area contributed by atoms with E-state index >= 15 is 0 Å². The predicted molar refractivity (Wildman–Crippen MR) is 400 cm³/mol. The number of carbonyl (C=O) groups excluding carboxylic acids is 4. The van der Waals surface area contributed by atoms with Crippen LogP contribution in [0.25, 0.3) is 0 Å². The molecule has 19 heteroatoms. The second-order valence-electron chi connectivity index (χ2n) is 30.4. The van der Waals surface area contributed by atoms with Gasteiger partial charge in [-0.2, -0.15) is 0 Å². The summed E-state index contributed by atoms with van der Waals surface area (Å²) in [4.78, 5) is 72.9. The zero-order valence-electron chi connectivity index (χ0n) is 64.4. The average Bonchev–Trinajstić information content (AvgIpc) is 1.19. The summed E-state index contributed by atoms with van der Waals surface area (Å²) in [6.45, 7) is 14.2. The fourth-order valence-electron chi connectivity index (χ4n) is 12.1. The third-order valence-electron chi connectivity index (χ3n) is 18.3. The Balaban J connectivity index is 5.18. The summed E-state index contributed by atoms with van der Waals surface area (Å²) in [7, 11) is -9.92. The van der Waals surface area contributed by atoms with Crippen LogP contribution in [-0.4, -0.2) is 96.7 Å². The lowest BCUT2D eigenvalue weighted by molar-refractivity contribution is -0.161. The van der Waals surface area contributed by atoms with Crippen LogP contribution >= 0.6 is 15.6 Å². The SMILES string of the molecule is CC(C)CCCCCCCCCCCCCCCCCCCCC(=O)OC[C@H](COP(=O)(O)OCC(O)COP(=O)(O)OC[C@@H](COC(=O)CCCCCCCCCC(C)C)OC(=O)CCCCCCCCCCCCCCC(C)C)OC(=O)CCCCCCCCCCCC(C)C. The van der Waals surface area contributed by atoms with Gasteiger partial charge in [0.15, 0.2) is 12.2 Å². The number of phosphoric acid groups is 2. The molecular formula is C79H154O17P2. The third-order valence-corrected chi connectivity index (χ3v) is 20.2. The van der Waals surface area contributed by atoms with E-state index in [1.807, 2.05) is 0 Å². The molecule has 0 aromatic rings. The first-order valence-corrected chi connectivity index (χ1v) is 43.7. The van der Waals surface area contributed by atoms with Gasteiger partial charge in [-0.25, -0.2) is 9.13 Å². The van der Waals surface area contributed by atoms with Crippen molar-refractivity contribution in [2.75, 3.05) is 39.6 Å². The number of hydrogen-bond donors (Lipinski definition) is 3. The van der Waals surface area contributed by atoms with Crippen LogP contribution in [0.2, 0.25) is 0 Å². The van der Waals surface area contributed by atoms with E-state index in [2.05, 4.69) is 55.4 Å². The number of carbonyl (C=O) groups is 4. The van der Waals surface area contributed by atoms with E-state index in [9.17, 15) is 43.2 Å². The van der Waals surface area contributed by atoms with Gasteiger partial charge in [-0.15, -0.1) is 0 Å². The molecule has 0 saturated heterocycles. The maximum atomic E-state index is 13.1. The number of aliphatic hydroxyl groups excluding tert-OH is 1. The number of ether oxygens (including phenoxy) is 4. The minimum atomic E-state index is -4.96. The Morgan fingerprint density at radius 1 is 0.255 bits per heavy atom. The molecule has 0 aromatic carbocycles. The van der Waals surface area contributed by atoms with E-state index in [1.165, 1.54) is 199 Å². The molecule has 0 fully saturated rings. The summed E-state index contributed by atoms with van der Waals surface area (Å²) in [6, 6.07) is 0. The highest BCUT2D eigenvalue weighted by Crippen LogP contribution is 2.45. The van der Waals surface area contributed by atoms with Crippen molar-refractivity contribution in [2.45, 2.75) is 420 Å². The first-order chi connectivity index (χ1) is 47.1. The zero-order valence-corrected chi connectivity index (χ0v) is 66.2. The van der Waals surface area contributed by atoms with Crippen molar-refractivity contribution in [2.24, 2.45) is 23.7 Å². The minimum Gasteiger partial charge on any atom is -0.462 e. The first-order valence-electron chi connectivity index (χ1n) is 40.7. The molecular weight excluding hydrogens is 1280 g/mol. The molecule has 5 atom stereocenters. The van der Waals surface area contributed by atoms with Crippen LogP contribution in [-0.2, 0) is 65.4 Å². The zero-order chi connectivity index (χ0) is 72.4. The number of phosphoric ester groups is 2. The maximum Gasteiger partial charge on any atom is 0.472 e.